The second-order valence-electron chi connectivity index (χ2n) is 5.94. The molecule has 3 heteroatoms. The molecule has 2 rings (SSSR count). The van der Waals surface area contributed by atoms with Gasteiger partial charge in [-0.15, -0.1) is 0 Å². The Labute approximate surface area is 127 Å². The predicted molar refractivity (Wildman–Crippen MR) is 83.9 cm³/mol. The van der Waals surface area contributed by atoms with Gasteiger partial charge in [0.15, 0.2) is 5.78 Å². The number of ether oxygens (including phenoxy) is 2. The molecular formula is C18H24O3. The molecule has 1 unspecified atom stereocenters. The number of carbonyl (C=O) groups is 1. The van der Waals surface area contributed by atoms with Crippen molar-refractivity contribution in [3.05, 3.63) is 40.7 Å². The van der Waals surface area contributed by atoms with Crippen LogP contribution in [-0.2, 0) is 11.2 Å². The van der Waals surface area contributed by atoms with Gasteiger partial charge in [0.05, 0.1) is 13.2 Å². The molecule has 0 aliphatic heterocycles. The molecule has 21 heavy (non-hydrogen) atoms. The summed E-state index contributed by atoms with van der Waals surface area (Å²) in [6.07, 6.45) is 3.58. The molecule has 0 spiro atoms. The minimum Gasteiger partial charge on any atom is -0.496 e. The van der Waals surface area contributed by atoms with Crippen LogP contribution in [0.2, 0.25) is 0 Å². The largest absolute Gasteiger partial charge is 0.496 e. The Morgan fingerprint density at radius 3 is 2.62 bits per heavy atom. The first-order valence-corrected chi connectivity index (χ1v) is 7.53. The van der Waals surface area contributed by atoms with Gasteiger partial charge in [0, 0.05) is 17.6 Å². The lowest BCUT2D eigenvalue weighted by Gasteiger charge is -2.23. The maximum Gasteiger partial charge on any atom is 0.189 e. The normalized spacial score (nSPS) is 21.1. The Morgan fingerprint density at radius 1 is 1.29 bits per heavy atom. The minimum absolute atomic E-state index is 0.0259. The molecule has 0 heterocycles. The molecule has 1 aromatic rings. The van der Waals surface area contributed by atoms with E-state index in [1.165, 1.54) is 0 Å². The van der Waals surface area contributed by atoms with E-state index in [4.69, 9.17) is 9.47 Å². The molecule has 1 aliphatic carbocycles. The van der Waals surface area contributed by atoms with E-state index in [9.17, 15) is 4.79 Å². The van der Waals surface area contributed by atoms with Crippen molar-refractivity contribution < 1.29 is 14.3 Å². The van der Waals surface area contributed by atoms with Crippen molar-refractivity contribution in [2.24, 2.45) is 5.92 Å². The zero-order chi connectivity index (χ0) is 15.6. The highest BCUT2D eigenvalue weighted by Gasteiger charge is 2.22. The number of benzene rings is 1. The third-order valence-electron chi connectivity index (χ3n) is 3.99. The Balaban J connectivity index is 2.46. The topological polar surface area (TPSA) is 35.5 Å². The van der Waals surface area contributed by atoms with Crippen molar-refractivity contribution in [1.29, 1.82) is 0 Å². The highest BCUT2D eigenvalue weighted by atomic mass is 16.5. The van der Waals surface area contributed by atoms with Crippen LogP contribution in [0.1, 0.15) is 48.7 Å². The van der Waals surface area contributed by atoms with Gasteiger partial charge in [-0.3, -0.25) is 4.79 Å². The van der Waals surface area contributed by atoms with Crippen molar-refractivity contribution in [3.63, 3.8) is 0 Å². The number of carbonyl (C=O) groups excluding carboxylic acids is 1. The lowest BCUT2D eigenvalue weighted by atomic mass is 9.88. The molecule has 1 aromatic carbocycles. The number of rotatable bonds is 3. The van der Waals surface area contributed by atoms with Gasteiger partial charge < -0.3 is 9.47 Å². The maximum atomic E-state index is 12.6. The molecule has 0 aromatic heterocycles. The standard InChI is InChI=1S/C18H24O3/c1-11(2)21-18-10-16(19)15-8-9-17(20-5)13(4)14(15)7-6-12(18)3/h8-12H,6-7H2,1-5H3/b18-10+. The fraction of sp³-hybridized carbons (Fsp3) is 0.500. The summed E-state index contributed by atoms with van der Waals surface area (Å²) in [5.74, 6) is 1.92. The number of allylic oxidation sites excluding steroid dienone is 2. The molecule has 0 bridgehead atoms. The molecule has 1 aliphatic rings. The molecule has 0 saturated heterocycles. The summed E-state index contributed by atoms with van der Waals surface area (Å²) in [4.78, 5) is 12.6. The predicted octanol–water partition coefficient (Wildman–Crippen LogP) is 4.08. The van der Waals surface area contributed by atoms with Crippen molar-refractivity contribution in [2.75, 3.05) is 7.11 Å². The van der Waals surface area contributed by atoms with Gasteiger partial charge >= 0.3 is 0 Å². The smallest absolute Gasteiger partial charge is 0.189 e. The summed E-state index contributed by atoms with van der Waals surface area (Å²) in [7, 11) is 1.66. The van der Waals surface area contributed by atoms with E-state index in [0.29, 0.717) is 0 Å². The van der Waals surface area contributed by atoms with Crippen molar-refractivity contribution in [3.8, 4) is 5.75 Å². The number of hydrogen-bond acceptors (Lipinski definition) is 3. The Hall–Kier alpha value is -1.77. The Morgan fingerprint density at radius 2 is 2.00 bits per heavy atom. The maximum absolute atomic E-state index is 12.6. The van der Waals surface area contributed by atoms with Crippen LogP contribution in [0.25, 0.3) is 0 Å². The average Bonchev–Trinajstić information content (AvgIpc) is 2.42. The highest BCUT2D eigenvalue weighted by Crippen LogP contribution is 2.31. The van der Waals surface area contributed by atoms with Crippen molar-refractivity contribution in [1.82, 2.24) is 0 Å². The number of ketones is 1. The highest BCUT2D eigenvalue weighted by molar-refractivity contribution is 6.06. The molecule has 0 N–H and O–H groups in total. The van der Waals surface area contributed by atoms with Gasteiger partial charge in [0.25, 0.3) is 0 Å². The fourth-order valence-corrected chi connectivity index (χ4v) is 2.78. The lowest BCUT2D eigenvalue weighted by Crippen LogP contribution is -2.16. The van der Waals surface area contributed by atoms with Crippen LogP contribution >= 0.6 is 0 Å². The fourth-order valence-electron chi connectivity index (χ4n) is 2.78. The molecule has 1 atom stereocenters. The summed E-state index contributed by atoms with van der Waals surface area (Å²) in [6.45, 7) is 8.11. The van der Waals surface area contributed by atoms with Crippen molar-refractivity contribution >= 4 is 5.78 Å². The van der Waals surface area contributed by atoms with Gasteiger partial charge in [-0.05, 0) is 56.9 Å². The van der Waals surface area contributed by atoms with Gasteiger partial charge in [0.1, 0.15) is 11.5 Å². The van der Waals surface area contributed by atoms with Crippen LogP contribution < -0.4 is 4.74 Å². The van der Waals surface area contributed by atoms with E-state index < -0.39 is 0 Å². The van der Waals surface area contributed by atoms with Gasteiger partial charge in [0.2, 0.25) is 0 Å². The summed E-state index contributed by atoms with van der Waals surface area (Å²) in [5, 5.41) is 0. The van der Waals surface area contributed by atoms with E-state index in [1.54, 1.807) is 13.2 Å². The number of methoxy groups -OCH3 is 1. The molecule has 0 radical (unpaired) electrons. The van der Waals surface area contributed by atoms with Crippen LogP contribution in [-0.4, -0.2) is 19.0 Å². The van der Waals surface area contributed by atoms with Crippen LogP contribution in [0, 0.1) is 12.8 Å². The first-order valence-electron chi connectivity index (χ1n) is 7.53. The minimum atomic E-state index is 0.0259. The van der Waals surface area contributed by atoms with E-state index in [1.807, 2.05) is 32.9 Å². The Bertz CT molecular complexity index is 570. The van der Waals surface area contributed by atoms with Gasteiger partial charge in [-0.25, -0.2) is 0 Å². The Kier molecular flexibility index (Phi) is 4.71. The summed E-state index contributed by atoms with van der Waals surface area (Å²) in [6, 6.07) is 3.73. The second kappa shape index (κ2) is 6.33. The monoisotopic (exact) mass is 288 g/mol. The van der Waals surface area contributed by atoms with Crippen LogP contribution in [0.4, 0.5) is 0 Å². The zero-order valence-electron chi connectivity index (χ0n) is 13.5. The van der Waals surface area contributed by atoms with Crippen LogP contribution in [0.3, 0.4) is 0 Å². The van der Waals surface area contributed by atoms with Gasteiger partial charge in [-0.2, -0.15) is 0 Å². The third-order valence-corrected chi connectivity index (χ3v) is 3.99. The molecule has 0 saturated carbocycles. The first kappa shape index (κ1) is 15.6. The van der Waals surface area contributed by atoms with E-state index in [2.05, 4.69) is 6.92 Å². The van der Waals surface area contributed by atoms with Crippen LogP contribution in [0.15, 0.2) is 24.0 Å². The summed E-state index contributed by atoms with van der Waals surface area (Å²) < 4.78 is 11.2. The van der Waals surface area contributed by atoms with E-state index >= 15 is 0 Å². The van der Waals surface area contributed by atoms with E-state index in [-0.39, 0.29) is 17.8 Å². The third kappa shape index (κ3) is 3.29. The molecule has 114 valence electrons. The average molecular weight is 288 g/mol. The summed E-state index contributed by atoms with van der Waals surface area (Å²) >= 11 is 0. The number of fused-ring (bicyclic) bond motifs is 1. The van der Waals surface area contributed by atoms with Crippen LogP contribution in [0.5, 0.6) is 5.75 Å². The van der Waals surface area contributed by atoms with Crippen molar-refractivity contribution in [2.45, 2.75) is 46.6 Å². The SMILES string of the molecule is COc1ccc2c(c1C)CCC(C)/C(OC(C)C)=C\C2=O. The molecule has 0 amide bonds. The first-order chi connectivity index (χ1) is 9.93. The molecule has 0 fully saturated rings. The quantitative estimate of drug-likeness (QED) is 0.840. The van der Waals surface area contributed by atoms with Gasteiger partial charge in [-0.1, -0.05) is 6.92 Å². The zero-order valence-corrected chi connectivity index (χ0v) is 13.5. The summed E-state index contributed by atoms with van der Waals surface area (Å²) in [5.41, 5.74) is 2.94. The van der Waals surface area contributed by atoms with E-state index in [0.717, 1.165) is 41.0 Å². The lowest BCUT2D eigenvalue weighted by molar-refractivity contribution is 0.0991. The molecular weight excluding hydrogens is 264 g/mol. The second-order valence-corrected chi connectivity index (χ2v) is 5.94. The molecule has 3 nitrogen and oxygen atoms in total. The number of hydrogen-bond donors (Lipinski definition) is 0.